The minimum Gasteiger partial charge on any atom is -0.346 e. The molecule has 3 N–H and O–H groups in total. The maximum atomic E-state index is 12.7. The first-order valence-electron chi connectivity index (χ1n) is 11.2. The average Bonchev–Trinajstić information content (AvgIpc) is 2.88. The number of benzene rings is 4. The van der Waals surface area contributed by atoms with Crippen LogP contribution in [0.4, 0.5) is 5.69 Å². The number of nitrogens with one attached hydrogen (secondary N) is 3. The second kappa shape index (κ2) is 11.2. The lowest BCUT2D eigenvalue weighted by Crippen LogP contribution is -2.33. The van der Waals surface area contributed by atoms with Crippen LogP contribution in [0.3, 0.4) is 0 Å². The van der Waals surface area contributed by atoms with E-state index >= 15 is 0 Å². The molecule has 4 aromatic rings. The lowest BCUT2D eigenvalue weighted by molar-refractivity contribution is -0.115. The Morgan fingerprint density at radius 2 is 1.57 bits per heavy atom. The zero-order valence-corrected chi connectivity index (χ0v) is 20.0. The fourth-order valence-electron chi connectivity index (χ4n) is 3.72. The van der Waals surface area contributed by atoms with Crippen molar-refractivity contribution in [1.82, 2.24) is 10.6 Å². The molecule has 4 rings (SSSR count). The number of anilines is 1. The lowest BCUT2D eigenvalue weighted by Gasteiger charge is -2.15. The van der Waals surface area contributed by atoms with Gasteiger partial charge >= 0.3 is 0 Å². The maximum absolute atomic E-state index is 12.7. The minimum absolute atomic E-state index is 0.130. The van der Waals surface area contributed by atoms with E-state index in [1.165, 1.54) is 6.08 Å². The van der Waals surface area contributed by atoms with Crippen molar-refractivity contribution < 1.29 is 9.59 Å². The van der Waals surface area contributed by atoms with Crippen LogP contribution in [0, 0.1) is 0 Å². The number of carbonyl (C=O) groups is 2. The van der Waals surface area contributed by atoms with E-state index in [4.69, 9.17) is 12.2 Å². The second-order valence-electron chi connectivity index (χ2n) is 8.03. The highest BCUT2D eigenvalue weighted by atomic mass is 32.1. The molecule has 4 aromatic carbocycles. The van der Waals surface area contributed by atoms with E-state index in [0.29, 0.717) is 11.3 Å². The normalized spacial score (nSPS) is 11.7. The minimum atomic E-state index is -0.346. The van der Waals surface area contributed by atoms with Gasteiger partial charge in [-0.1, -0.05) is 78.9 Å². The summed E-state index contributed by atoms with van der Waals surface area (Å²) in [5.74, 6) is -0.543. The molecule has 0 aliphatic carbocycles. The molecule has 0 aliphatic heterocycles. The van der Waals surface area contributed by atoms with Crippen molar-refractivity contribution in [2.24, 2.45) is 0 Å². The number of carbonyl (C=O) groups excluding carboxylic acids is 2. The Hall–Kier alpha value is -4.29. The lowest BCUT2D eigenvalue weighted by atomic mass is 10.0. The summed E-state index contributed by atoms with van der Waals surface area (Å²) >= 11 is 5.29. The van der Waals surface area contributed by atoms with E-state index in [9.17, 15) is 9.59 Å². The monoisotopic (exact) mass is 479 g/mol. The Balaban J connectivity index is 1.35. The fraction of sp³-hybridized carbons (Fsp3) is 0.0690. The summed E-state index contributed by atoms with van der Waals surface area (Å²) in [7, 11) is 0. The van der Waals surface area contributed by atoms with Gasteiger partial charge in [0.2, 0.25) is 5.91 Å². The van der Waals surface area contributed by atoms with E-state index in [1.807, 2.05) is 79.7 Å². The Bertz CT molecular complexity index is 1390. The summed E-state index contributed by atoms with van der Waals surface area (Å²) in [6.45, 7) is 1.94. The van der Waals surface area contributed by atoms with Crippen LogP contribution in [0.15, 0.2) is 103 Å². The molecule has 1 unspecified atom stereocenters. The molecule has 0 fully saturated rings. The number of thiocarbonyl (C=S) groups is 1. The highest BCUT2D eigenvalue weighted by molar-refractivity contribution is 7.80. The first-order chi connectivity index (χ1) is 17.0. The van der Waals surface area contributed by atoms with Crippen LogP contribution in [-0.2, 0) is 4.79 Å². The topological polar surface area (TPSA) is 70.2 Å². The van der Waals surface area contributed by atoms with Crippen molar-refractivity contribution in [3.63, 3.8) is 0 Å². The summed E-state index contributed by atoms with van der Waals surface area (Å²) in [5, 5.41) is 10.9. The summed E-state index contributed by atoms with van der Waals surface area (Å²) < 4.78 is 0. The fourth-order valence-corrected chi connectivity index (χ4v) is 3.94. The van der Waals surface area contributed by atoms with E-state index in [0.717, 1.165) is 21.9 Å². The van der Waals surface area contributed by atoms with E-state index < -0.39 is 0 Å². The molecular formula is C29H25N3O2S. The molecule has 0 spiro atoms. The van der Waals surface area contributed by atoms with Crippen LogP contribution in [-0.4, -0.2) is 16.9 Å². The van der Waals surface area contributed by atoms with Gasteiger partial charge in [0.25, 0.3) is 5.91 Å². The van der Waals surface area contributed by atoms with Crippen LogP contribution in [0.1, 0.15) is 34.5 Å². The van der Waals surface area contributed by atoms with Gasteiger partial charge in [-0.25, -0.2) is 0 Å². The maximum Gasteiger partial charge on any atom is 0.251 e. The zero-order chi connectivity index (χ0) is 24.6. The van der Waals surface area contributed by atoms with Crippen LogP contribution in [0.2, 0.25) is 0 Å². The van der Waals surface area contributed by atoms with Crippen LogP contribution >= 0.6 is 12.2 Å². The molecule has 0 radical (unpaired) electrons. The van der Waals surface area contributed by atoms with Gasteiger partial charge in [-0.2, -0.15) is 0 Å². The third kappa shape index (κ3) is 6.40. The van der Waals surface area contributed by atoms with Crippen molar-refractivity contribution in [3.8, 4) is 0 Å². The zero-order valence-electron chi connectivity index (χ0n) is 19.2. The standard InChI is InChI=1S/C29H25N3O2S/c1-20(21-9-3-2-4-10-21)30-28(34)24-14-8-15-25(19-24)31-29(35)32-27(33)18-17-23-13-7-12-22-11-5-6-16-26(22)23/h2-20H,1H3,(H,30,34)(H2,31,32,33,35)/b18-17+. The van der Waals surface area contributed by atoms with Gasteiger partial charge in [0.1, 0.15) is 0 Å². The van der Waals surface area contributed by atoms with Crippen LogP contribution < -0.4 is 16.0 Å². The molecule has 0 aromatic heterocycles. The van der Waals surface area contributed by atoms with Crippen molar-refractivity contribution >= 4 is 51.7 Å². The Morgan fingerprint density at radius 3 is 2.40 bits per heavy atom. The summed E-state index contributed by atoms with van der Waals surface area (Å²) in [6, 6.07) is 30.5. The Morgan fingerprint density at radius 1 is 0.857 bits per heavy atom. The predicted molar refractivity (Wildman–Crippen MR) is 146 cm³/mol. The Labute approximate surface area is 209 Å². The van der Waals surface area contributed by atoms with Gasteiger partial charge in [-0.15, -0.1) is 0 Å². The SMILES string of the molecule is CC(NC(=O)c1cccc(NC(=S)NC(=O)/C=C/c2cccc3ccccc23)c1)c1ccccc1. The number of rotatable bonds is 6. The van der Waals surface area contributed by atoms with E-state index in [-0.39, 0.29) is 23.0 Å². The summed E-state index contributed by atoms with van der Waals surface area (Å²) in [6.07, 6.45) is 3.21. The second-order valence-corrected chi connectivity index (χ2v) is 8.44. The third-order valence-corrected chi connectivity index (χ3v) is 5.71. The first-order valence-corrected chi connectivity index (χ1v) is 11.6. The average molecular weight is 480 g/mol. The highest BCUT2D eigenvalue weighted by Crippen LogP contribution is 2.19. The molecule has 6 heteroatoms. The number of fused-ring (bicyclic) bond motifs is 1. The number of hydrogen-bond donors (Lipinski definition) is 3. The molecule has 0 heterocycles. The molecular weight excluding hydrogens is 454 g/mol. The van der Waals surface area contributed by atoms with Crippen molar-refractivity contribution in [3.05, 3.63) is 120 Å². The van der Waals surface area contributed by atoms with Crippen molar-refractivity contribution in [2.75, 3.05) is 5.32 Å². The summed E-state index contributed by atoms with van der Waals surface area (Å²) in [4.78, 5) is 25.1. The van der Waals surface area contributed by atoms with Gasteiger partial charge in [-0.05, 0) is 65.3 Å². The van der Waals surface area contributed by atoms with Gasteiger partial charge in [0.15, 0.2) is 5.11 Å². The van der Waals surface area contributed by atoms with Crippen LogP contribution in [0.25, 0.3) is 16.8 Å². The molecule has 0 saturated carbocycles. The summed E-state index contributed by atoms with van der Waals surface area (Å²) in [5.41, 5.74) is 3.06. The molecule has 2 amide bonds. The van der Waals surface area contributed by atoms with Gasteiger partial charge in [-0.3, -0.25) is 14.9 Å². The van der Waals surface area contributed by atoms with Gasteiger partial charge in [0.05, 0.1) is 6.04 Å². The predicted octanol–water partition coefficient (Wildman–Crippen LogP) is 5.86. The molecule has 0 aliphatic rings. The molecule has 35 heavy (non-hydrogen) atoms. The highest BCUT2D eigenvalue weighted by Gasteiger charge is 2.12. The van der Waals surface area contributed by atoms with Crippen molar-refractivity contribution in [2.45, 2.75) is 13.0 Å². The van der Waals surface area contributed by atoms with Crippen molar-refractivity contribution in [1.29, 1.82) is 0 Å². The largest absolute Gasteiger partial charge is 0.346 e. The van der Waals surface area contributed by atoms with Gasteiger partial charge < -0.3 is 10.6 Å². The van der Waals surface area contributed by atoms with E-state index in [1.54, 1.807) is 30.3 Å². The first kappa shape index (κ1) is 23.9. The molecule has 1 atom stereocenters. The quantitative estimate of drug-likeness (QED) is 0.239. The molecule has 0 saturated heterocycles. The third-order valence-electron chi connectivity index (χ3n) is 5.50. The molecule has 0 bridgehead atoms. The van der Waals surface area contributed by atoms with Gasteiger partial charge in [0, 0.05) is 17.3 Å². The number of amides is 2. The number of hydrogen-bond acceptors (Lipinski definition) is 3. The van der Waals surface area contributed by atoms with Crippen LogP contribution in [0.5, 0.6) is 0 Å². The Kier molecular flexibility index (Phi) is 7.65. The van der Waals surface area contributed by atoms with E-state index in [2.05, 4.69) is 16.0 Å². The molecule has 174 valence electrons. The smallest absolute Gasteiger partial charge is 0.251 e. The molecule has 5 nitrogen and oxygen atoms in total.